The lowest BCUT2D eigenvalue weighted by Crippen LogP contribution is -2.25. The summed E-state index contributed by atoms with van der Waals surface area (Å²) < 4.78 is 11.1. The van der Waals surface area contributed by atoms with E-state index in [1.807, 2.05) is 48.5 Å². The van der Waals surface area contributed by atoms with E-state index < -0.39 is 5.92 Å². The number of ether oxygens (including phenoxy) is 2. The summed E-state index contributed by atoms with van der Waals surface area (Å²) in [6.07, 6.45) is 0. The molecule has 0 amide bonds. The molecule has 0 saturated carbocycles. The molecule has 0 radical (unpaired) electrons. The van der Waals surface area contributed by atoms with Gasteiger partial charge in [-0.1, -0.05) is 36.4 Å². The fraction of sp³-hybridized carbons (Fsp3) is 0.0833. The number of hydrogen-bond acceptors (Lipinski definition) is 5. The molecule has 0 bridgehead atoms. The molecule has 0 spiro atoms. The second-order valence-electron chi connectivity index (χ2n) is 7.14. The van der Waals surface area contributed by atoms with Crippen molar-refractivity contribution in [3.63, 3.8) is 0 Å². The lowest BCUT2D eigenvalue weighted by Gasteiger charge is -2.27. The number of fused-ring (bicyclic) bond motifs is 4. The number of aromatic nitrogens is 1. The summed E-state index contributed by atoms with van der Waals surface area (Å²) >= 11 is 0. The highest BCUT2D eigenvalue weighted by atomic mass is 16.5. The molecule has 1 aromatic heterocycles. The molecule has 6 nitrogen and oxygen atoms in total. The van der Waals surface area contributed by atoms with Gasteiger partial charge < -0.3 is 20.2 Å². The van der Waals surface area contributed by atoms with Crippen molar-refractivity contribution in [3.05, 3.63) is 93.6 Å². The second-order valence-corrected chi connectivity index (χ2v) is 7.14. The first-order valence-corrected chi connectivity index (χ1v) is 9.41. The van der Waals surface area contributed by atoms with Crippen LogP contribution in [0.15, 0.2) is 76.9 Å². The number of benzene rings is 3. The number of nitriles is 1. The van der Waals surface area contributed by atoms with Gasteiger partial charge in [0.05, 0.1) is 18.5 Å². The van der Waals surface area contributed by atoms with Crippen molar-refractivity contribution in [2.24, 2.45) is 5.73 Å². The fourth-order valence-electron chi connectivity index (χ4n) is 4.04. The molecule has 1 unspecified atom stereocenters. The monoisotopic (exact) mass is 395 g/mol. The van der Waals surface area contributed by atoms with E-state index in [2.05, 4.69) is 11.1 Å². The van der Waals surface area contributed by atoms with Crippen molar-refractivity contribution in [2.75, 3.05) is 7.11 Å². The summed E-state index contributed by atoms with van der Waals surface area (Å²) in [6.45, 7) is 0. The maximum absolute atomic E-state index is 13.1. The smallest absolute Gasteiger partial charge is 0.252 e. The van der Waals surface area contributed by atoms with Crippen molar-refractivity contribution < 1.29 is 9.47 Å². The van der Waals surface area contributed by atoms with Crippen molar-refractivity contribution in [2.45, 2.75) is 5.92 Å². The Morgan fingerprint density at radius 3 is 2.67 bits per heavy atom. The quantitative estimate of drug-likeness (QED) is 0.536. The Kier molecular flexibility index (Phi) is 3.97. The van der Waals surface area contributed by atoms with Crippen LogP contribution in [0.25, 0.3) is 21.7 Å². The third-order valence-electron chi connectivity index (χ3n) is 5.50. The van der Waals surface area contributed by atoms with Gasteiger partial charge in [0.2, 0.25) is 5.88 Å². The molecule has 1 aliphatic heterocycles. The number of rotatable bonds is 2. The molecular weight excluding hydrogens is 378 g/mol. The summed E-state index contributed by atoms with van der Waals surface area (Å²) in [6, 6.07) is 21.0. The first-order valence-electron chi connectivity index (χ1n) is 9.41. The van der Waals surface area contributed by atoms with Crippen molar-refractivity contribution >= 4 is 21.7 Å². The van der Waals surface area contributed by atoms with E-state index in [0.29, 0.717) is 22.6 Å². The third kappa shape index (κ3) is 2.60. The van der Waals surface area contributed by atoms with E-state index in [0.717, 1.165) is 21.7 Å². The third-order valence-corrected chi connectivity index (χ3v) is 5.50. The van der Waals surface area contributed by atoms with Gasteiger partial charge >= 0.3 is 0 Å². The SMILES string of the molecule is COc1ccc2cc(C3C(C#N)=C(N)Oc4c3ccc3ccccc43)c(=O)[nH]c2c1. The number of pyridine rings is 1. The van der Waals surface area contributed by atoms with Crippen molar-refractivity contribution in [3.8, 4) is 17.6 Å². The Bertz CT molecular complexity index is 1460. The molecule has 6 heteroatoms. The van der Waals surface area contributed by atoms with Gasteiger partial charge in [0.25, 0.3) is 5.56 Å². The zero-order valence-electron chi connectivity index (χ0n) is 16.1. The number of hydrogen-bond donors (Lipinski definition) is 2. The highest BCUT2D eigenvalue weighted by molar-refractivity contribution is 5.91. The van der Waals surface area contributed by atoms with E-state index in [4.69, 9.17) is 15.2 Å². The summed E-state index contributed by atoms with van der Waals surface area (Å²) in [5.74, 6) is 0.610. The Balaban J connectivity index is 1.80. The minimum Gasteiger partial charge on any atom is -0.497 e. The van der Waals surface area contributed by atoms with E-state index >= 15 is 0 Å². The van der Waals surface area contributed by atoms with Crippen LogP contribution in [0.3, 0.4) is 0 Å². The predicted octanol–water partition coefficient (Wildman–Crippen LogP) is 3.91. The minimum absolute atomic E-state index is 0.0144. The van der Waals surface area contributed by atoms with Crippen LogP contribution < -0.4 is 20.8 Å². The first-order chi connectivity index (χ1) is 14.6. The Morgan fingerprint density at radius 1 is 1.07 bits per heavy atom. The Hall–Kier alpha value is -4.24. The lowest BCUT2D eigenvalue weighted by atomic mass is 9.82. The molecular formula is C24H17N3O3. The number of nitrogens with one attached hydrogen (secondary N) is 1. The molecule has 1 atom stereocenters. The van der Waals surface area contributed by atoms with E-state index in [1.54, 1.807) is 19.2 Å². The van der Waals surface area contributed by atoms with Gasteiger partial charge in [-0.25, -0.2) is 0 Å². The van der Waals surface area contributed by atoms with Gasteiger partial charge in [-0.2, -0.15) is 5.26 Å². The molecule has 146 valence electrons. The van der Waals surface area contributed by atoms with Crippen molar-refractivity contribution in [1.29, 1.82) is 5.26 Å². The summed E-state index contributed by atoms with van der Waals surface area (Å²) in [5.41, 5.74) is 7.89. The van der Waals surface area contributed by atoms with Gasteiger partial charge in [-0.05, 0) is 29.0 Å². The van der Waals surface area contributed by atoms with Crippen LogP contribution >= 0.6 is 0 Å². The molecule has 0 saturated heterocycles. The predicted molar refractivity (Wildman–Crippen MR) is 114 cm³/mol. The zero-order valence-corrected chi connectivity index (χ0v) is 16.1. The number of nitrogens with two attached hydrogens (primary N) is 1. The molecule has 0 aliphatic carbocycles. The molecule has 3 N–H and O–H groups in total. The van der Waals surface area contributed by atoms with Gasteiger partial charge in [-0.15, -0.1) is 0 Å². The van der Waals surface area contributed by atoms with Crippen LogP contribution in [-0.4, -0.2) is 12.1 Å². The van der Waals surface area contributed by atoms with E-state index in [9.17, 15) is 10.1 Å². The molecule has 2 heterocycles. The van der Waals surface area contributed by atoms with Crippen LogP contribution in [0.4, 0.5) is 0 Å². The maximum atomic E-state index is 13.1. The van der Waals surface area contributed by atoms with Crippen LogP contribution in [0.2, 0.25) is 0 Å². The molecule has 0 fully saturated rings. The minimum atomic E-state index is -0.626. The van der Waals surface area contributed by atoms with Crippen LogP contribution in [-0.2, 0) is 0 Å². The zero-order chi connectivity index (χ0) is 20.8. The molecule has 30 heavy (non-hydrogen) atoms. The summed E-state index contributed by atoms with van der Waals surface area (Å²) in [7, 11) is 1.57. The number of aromatic amines is 1. The molecule has 4 aromatic rings. The number of methoxy groups -OCH3 is 1. The second kappa shape index (κ2) is 6.68. The topological polar surface area (TPSA) is 101 Å². The molecule has 1 aliphatic rings. The summed E-state index contributed by atoms with van der Waals surface area (Å²) in [4.78, 5) is 16.0. The normalized spacial score (nSPS) is 15.5. The van der Waals surface area contributed by atoms with Crippen LogP contribution in [0, 0.1) is 11.3 Å². The average molecular weight is 395 g/mol. The number of allylic oxidation sites excluding steroid dienone is 1. The largest absolute Gasteiger partial charge is 0.497 e. The van der Waals surface area contributed by atoms with E-state index in [1.165, 1.54) is 0 Å². The molecule has 3 aromatic carbocycles. The van der Waals surface area contributed by atoms with Crippen molar-refractivity contribution in [1.82, 2.24) is 4.98 Å². The van der Waals surface area contributed by atoms with E-state index in [-0.39, 0.29) is 17.0 Å². The highest BCUT2D eigenvalue weighted by Gasteiger charge is 2.33. The first kappa shape index (κ1) is 17.8. The van der Waals surface area contributed by atoms with Gasteiger partial charge in [0.1, 0.15) is 23.1 Å². The standard InChI is InChI=1S/C24H17N3O3/c1-29-15-8-6-14-10-18(24(28)27-20(14)11-15)21-17-9-7-13-4-2-3-5-16(13)22(17)30-23(26)19(21)12-25/h2-11,21H,26H2,1H3,(H,27,28). The number of H-pyrrole nitrogens is 1. The average Bonchev–Trinajstić information content (AvgIpc) is 2.77. The van der Waals surface area contributed by atoms with Gasteiger partial charge in [0, 0.05) is 22.6 Å². The Morgan fingerprint density at radius 2 is 1.87 bits per heavy atom. The van der Waals surface area contributed by atoms with Crippen LogP contribution in [0.5, 0.6) is 11.5 Å². The van der Waals surface area contributed by atoms with Crippen LogP contribution in [0.1, 0.15) is 17.0 Å². The lowest BCUT2D eigenvalue weighted by molar-refractivity contribution is 0.398. The number of nitrogens with zero attached hydrogens (tertiary/aromatic N) is 1. The van der Waals surface area contributed by atoms with Gasteiger partial charge in [0.15, 0.2) is 0 Å². The maximum Gasteiger partial charge on any atom is 0.252 e. The highest BCUT2D eigenvalue weighted by Crippen LogP contribution is 2.44. The Labute approximate surface area is 171 Å². The molecule has 5 rings (SSSR count). The fourth-order valence-corrected chi connectivity index (χ4v) is 4.04. The van der Waals surface area contributed by atoms with Gasteiger partial charge in [-0.3, -0.25) is 4.79 Å². The summed E-state index contributed by atoms with van der Waals surface area (Å²) in [5, 5.41) is 12.5.